The molecule has 1 aromatic heterocycles. The average molecular weight is 289 g/mol. The van der Waals surface area contributed by atoms with Crippen molar-refractivity contribution in [2.75, 3.05) is 17.9 Å². The van der Waals surface area contributed by atoms with Crippen molar-refractivity contribution < 1.29 is 0 Å². The topological polar surface area (TPSA) is 17.8 Å². The third kappa shape index (κ3) is 2.72. The summed E-state index contributed by atoms with van der Waals surface area (Å²) >= 11 is 13.8. The minimum atomic E-state index is 0.584. The smallest absolute Gasteiger partial charge is 0.111 e. The number of hydrogen-bond acceptors (Lipinski definition) is 2. The van der Waals surface area contributed by atoms with E-state index in [9.17, 15) is 0 Å². The van der Waals surface area contributed by atoms with Crippen LogP contribution in [0.1, 0.15) is 5.82 Å². The molecule has 0 amide bonds. The number of nitrogens with zero attached hydrogens (tertiary/aromatic N) is 2. The van der Waals surface area contributed by atoms with E-state index in [0.29, 0.717) is 10.9 Å². The summed E-state index contributed by atoms with van der Waals surface area (Å²) in [6.07, 6.45) is 2.88. The molecule has 92 valence electrons. The molecule has 0 bridgehead atoms. The Hall–Kier alpha value is -0.380. The van der Waals surface area contributed by atoms with Crippen LogP contribution in [0.2, 0.25) is 5.02 Å². The predicted octanol–water partition coefficient (Wildman–Crippen LogP) is 3.83. The third-order valence-electron chi connectivity index (χ3n) is 2.65. The van der Waals surface area contributed by atoms with Gasteiger partial charge in [-0.05, 0) is 18.4 Å². The van der Waals surface area contributed by atoms with Crippen LogP contribution in [0.4, 0.5) is 0 Å². The van der Waals surface area contributed by atoms with Gasteiger partial charge in [0.15, 0.2) is 0 Å². The largest absolute Gasteiger partial charge is 0.327 e. The molecule has 0 aliphatic heterocycles. The number of rotatable bonds is 5. The van der Waals surface area contributed by atoms with Gasteiger partial charge in [0.05, 0.1) is 10.5 Å². The molecule has 1 heterocycles. The maximum absolute atomic E-state index is 6.16. The number of imidazole rings is 1. The molecule has 17 heavy (non-hydrogen) atoms. The Labute approximate surface area is 115 Å². The van der Waals surface area contributed by atoms with E-state index in [0.717, 1.165) is 35.6 Å². The van der Waals surface area contributed by atoms with Crippen molar-refractivity contribution in [2.45, 2.75) is 13.0 Å². The van der Waals surface area contributed by atoms with Crippen molar-refractivity contribution in [3.8, 4) is 0 Å². The molecule has 0 saturated heterocycles. The molecule has 0 fully saturated rings. The van der Waals surface area contributed by atoms with Crippen LogP contribution in [0.3, 0.4) is 0 Å². The van der Waals surface area contributed by atoms with Crippen LogP contribution < -0.4 is 0 Å². The quantitative estimate of drug-likeness (QED) is 0.778. The highest BCUT2D eigenvalue weighted by atomic mass is 35.5. The summed E-state index contributed by atoms with van der Waals surface area (Å²) in [5.74, 6) is 2.67. The second-order valence-corrected chi connectivity index (χ2v) is 5.49. The highest BCUT2D eigenvalue weighted by Crippen LogP contribution is 2.24. The Morgan fingerprint density at radius 2 is 2.24 bits per heavy atom. The van der Waals surface area contributed by atoms with E-state index in [-0.39, 0.29) is 0 Å². The van der Waals surface area contributed by atoms with Gasteiger partial charge in [-0.15, -0.1) is 11.6 Å². The number of halogens is 2. The molecule has 0 spiro atoms. The summed E-state index contributed by atoms with van der Waals surface area (Å²) in [5, 5.41) is 0.709. The summed E-state index contributed by atoms with van der Waals surface area (Å²) in [7, 11) is 0. The minimum absolute atomic E-state index is 0.584. The van der Waals surface area contributed by atoms with Gasteiger partial charge in [0.1, 0.15) is 11.3 Å². The van der Waals surface area contributed by atoms with E-state index in [1.807, 2.05) is 23.9 Å². The van der Waals surface area contributed by atoms with Crippen molar-refractivity contribution in [1.82, 2.24) is 9.55 Å². The van der Waals surface area contributed by atoms with E-state index in [2.05, 4.69) is 21.9 Å². The number of thioether (sulfide) groups is 1. The maximum Gasteiger partial charge on any atom is 0.111 e. The van der Waals surface area contributed by atoms with Gasteiger partial charge in [-0.2, -0.15) is 11.8 Å². The minimum Gasteiger partial charge on any atom is -0.327 e. The predicted molar refractivity (Wildman–Crippen MR) is 77.5 cm³/mol. The molecule has 0 radical (unpaired) electrons. The SMILES string of the molecule is CSCCn1c(CCCl)nc2c(Cl)cccc21. The summed E-state index contributed by atoms with van der Waals surface area (Å²) in [4.78, 5) is 4.59. The highest BCUT2D eigenvalue weighted by molar-refractivity contribution is 7.98. The van der Waals surface area contributed by atoms with E-state index < -0.39 is 0 Å². The number of aromatic nitrogens is 2. The molecule has 2 nitrogen and oxygen atoms in total. The third-order valence-corrected chi connectivity index (χ3v) is 3.73. The Morgan fingerprint density at radius 1 is 1.41 bits per heavy atom. The van der Waals surface area contributed by atoms with Crippen LogP contribution in [-0.2, 0) is 13.0 Å². The van der Waals surface area contributed by atoms with Crippen molar-refractivity contribution in [3.05, 3.63) is 29.0 Å². The molecule has 1 aromatic carbocycles. The van der Waals surface area contributed by atoms with Gasteiger partial charge in [0, 0.05) is 24.6 Å². The molecule has 0 saturated carbocycles. The molecule has 0 N–H and O–H groups in total. The molecular formula is C12H14Cl2N2S. The Kier molecular flexibility index (Phi) is 4.60. The molecule has 0 atom stereocenters. The number of para-hydroxylation sites is 1. The Morgan fingerprint density at radius 3 is 2.94 bits per heavy atom. The molecule has 2 rings (SSSR count). The van der Waals surface area contributed by atoms with Crippen LogP contribution in [0.25, 0.3) is 11.0 Å². The van der Waals surface area contributed by atoms with E-state index in [1.54, 1.807) is 0 Å². The van der Waals surface area contributed by atoms with Crippen LogP contribution in [0.5, 0.6) is 0 Å². The number of alkyl halides is 1. The van der Waals surface area contributed by atoms with Crippen molar-refractivity contribution >= 4 is 46.0 Å². The standard InChI is InChI=1S/C12H14Cl2N2S/c1-17-8-7-16-10-4-2-3-9(14)12(10)15-11(16)5-6-13/h2-4H,5-8H2,1H3. The highest BCUT2D eigenvalue weighted by Gasteiger charge is 2.11. The fraction of sp³-hybridized carbons (Fsp3) is 0.417. The van der Waals surface area contributed by atoms with Gasteiger partial charge in [0.25, 0.3) is 0 Å². The van der Waals surface area contributed by atoms with E-state index >= 15 is 0 Å². The molecule has 2 aromatic rings. The summed E-state index contributed by atoms with van der Waals surface area (Å²) in [5.41, 5.74) is 1.99. The van der Waals surface area contributed by atoms with E-state index in [4.69, 9.17) is 23.2 Å². The molecule has 0 unspecified atom stereocenters. The zero-order valence-electron chi connectivity index (χ0n) is 9.62. The molecule has 0 aliphatic carbocycles. The van der Waals surface area contributed by atoms with Crippen LogP contribution in [0, 0.1) is 0 Å². The normalized spacial score (nSPS) is 11.2. The van der Waals surface area contributed by atoms with Crippen molar-refractivity contribution in [3.63, 3.8) is 0 Å². The summed E-state index contributed by atoms with van der Waals surface area (Å²) < 4.78 is 2.22. The first-order valence-electron chi connectivity index (χ1n) is 5.46. The first-order chi connectivity index (χ1) is 8.27. The van der Waals surface area contributed by atoms with Crippen molar-refractivity contribution in [1.29, 1.82) is 0 Å². The lowest BCUT2D eigenvalue weighted by atomic mass is 10.3. The number of aryl methyl sites for hydroxylation is 2. The van der Waals surface area contributed by atoms with Crippen LogP contribution in [0.15, 0.2) is 18.2 Å². The maximum atomic E-state index is 6.16. The van der Waals surface area contributed by atoms with Gasteiger partial charge in [0.2, 0.25) is 0 Å². The van der Waals surface area contributed by atoms with Gasteiger partial charge in [-0.3, -0.25) is 0 Å². The van der Waals surface area contributed by atoms with Crippen LogP contribution >= 0.6 is 35.0 Å². The molecule has 5 heteroatoms. The fourth-order valence-corrected chi connectivity index (χ4v) is 2.61. The van der Waals surface area contributed by atoms with Gasteiger partial charge in [-0.25, -0.2) is 4.98 Å². The fourth-order valence-electron chi connectivity index (χ4n) is 1.87. The Bertz CT molecular complexity index is 510. The molecular weight excluding hydrogens is 275 g/mol. The lowest BCUT2D eigenvalue weighted by molar-refractivity contribution is 0.734. The second-order valence-electron chi connectivity index (χ2n) is 3.72. The number of fused-ring (bicyclic) bond motifs is 1. The summed E-state index contributed by atoms with van der Waals surface area (Å²) in [6, 6.07) is 5.90. The summed E-state index contributed by atoms with van der Waals surface area (Å²) in [6.45, 7) is 0.949. The monoisotopic (exact) mass is 288 g/mol. The zero-order chi connectivity index (χ0) is 12.3. The number of hydrogen-bond donors (Lipinski definition) is 0. The average Bonchev–Trinajstić information content (AvgIpc) is 2.67. The lowest BCUT2D eigenvalue weighted by Crippen LogP contribution is -2.06. The molecule has 0 aliphatic rings. The van der Waals surface area contributed by atoms with Gasteiger partial charge >= 0.3 is 0 Å². The first kappa shape index (κ1) is 13.1. The second kappa shape index (κ2) is 5.98. The van der Waals surface area contributed by atoms with E-state index in [1.165, 1.54) is 0 Å². The first-order valence-corrected chi connectivity index (χ1v) is 7.77. The van der Waals surface area contributed by atoms with Crippen molar-refractivity contribution in [2.24, 2.45) is 0 Å². The number of benzene rings is 1. The van der Waals surface area contributed by atoms with Gasteiger partial charge in [-0.1, -0.05) is 17.7 Å². The zero-order valence-corrected chi connectivity index (χ0v) is 11.9. The lowest BCUT2D eigenvalue weighted by Gasteiger charge is -2.07. The Balaban J connectivity index is 2.50. The van der Waals surface area contributed by atoms with Crippen LogP contribution in [-0.4, -0.2) is 27.4 Å². The van der Waals surface area contributed by atoms with Gasteiger partial charge < -0.3 is 4.57 Å².